The summed E-state index contributed by atoms with van der Waals surface area (Å²) in [5.74, 6) is 0.768. The highest BCUT2D eigenvalue weighted by Crippen LogP contribution is 2.37. The Morgan fingerprint density at radius 2 is 2.23 bits per heavy atom. The molecule has 0 radical (unpaired) electrons. The van der Waals surface area contributed by atoms with Crippen molar-refractivity contribution < 1.29 is 14.6 Å². The molecular formula is C16H18N2O3S. The first-order chi connectivity index (χ1) is 10.7. The number of carboxylic acids is 1. The fraction of sp³-hybridized carbons (Fsp3) is 0.500. The van der Waals surface area contributed by atoms with Gasteiger partial charge in [0.25, 0.3) is 0 Å². The quantitative estimate of drug-likeness (QED) is 0.942. The molecule has 2 aromatic rings. The van der Waals surface area contributed by atoms with E-state index in [0.29, 0.717) is 11.0 Å². The van der Waals surface area contributed by atoms with Gasteiger partial charge in [-0.05, 0) is 37.3 Å². The van der Waals surface area contributed by atoms with Crippen LogP contribution < -0.4 is 4.90 Å². The van der Waals surface area contributed by atoms with E-state index >= 15 is 0 Å². The Morgan fingerprint density at radius 3 is 3.00 bits per heavy atom. The molecule has 0 aromatic carbocycles. The molecule has 1 N–H and O–H groups in total. The van der Waals surface area contributed by atoms with Crippen molar-refractivity contribution >= 4 is 33.2 Å². The normalized spacial score (nSPS) is 22.7. The lowest BCUT2D eigenvalue weighted by Gasteiger charge is -2.21. The highest BCUT2D eigenvalue weighted by Gasteiger charge is 2.33. The molecule has 0 spiro atoms. The molecule has 22 heavy (non-hydrogen) atoms. The van der Waals surface area contributed by atoms with E-state index in [1.54, 1.807) is 12.3 Å². The van der Waals surface area contributed by atoms with Crippen molar-refractivity contribution in [1.82, 2.24) is 4.98 Å². The molecular weight excluding hydrogens is 300 g/mol. The summed E-state index contributed by atoms with van der Waals surface area (Å²) >= 11 is 1.31. The Balaban J connectivity index is 1.63. The van der Waals surface area contributed by atoms with Gasteiger partial charge >= 0.3 is 5.97 Å². The van der Waals surface area contributed by atoms with Crippen LogP contribution in [0.15, 0.2) is 18.3 Å². The number of anilines is 1. The molecule has 2 aliphatic rings. The Morgan fingerprint density at radius 1 is 1.36 bits per heavy atom. The predicted molar refractivity (Wildman–Crippen MR) is 85.9 cm³/mol. The molecule has 5 nitrogen and oxygen atoms in total. The van der Waals surface area contributed by atoms with Crippen molar-refractivity contribution in [2.75, 3.05) is 24.6 Å². The lowest BCUT2D eigenvalue weighted by Crippen LogP contribution is -2.27. The average Bonchev–Trinajstić information content (AvgIpc) is 3.28. The van der Waals surface area contributed by atoms with E-state index in [-0.39, 0.29) is 0 Å². The van der Waals surface area contributed by atoms with Gasteiger partial charge in [-0.15, -0.1) is 11.3 Å². The average molecular weight is 318 g/mol. The Hall–Kier alpha value is -1.66. The lowest BCUT2D eigenvalue weighted by atomic mass is 10.1. The smallest absolute Gasteiger partial charge is 0.345 e. The van der Waals surface area contributed by atoms with Gasteiger partial charge in [0, 0.05) is 29.4 Å². The van der Waals surface area contributed by atoms with Gasteiger partial charge in [0.1, 0.15) is 10.7 Å². The minimum atomic E-state index is -0.875. The summed E-state index contributed by atoms with van der Waals surface area (Å²) in [5, 5.41) is 10.1. The van der Waals surface area contributed by atoms with Gasteiger partial charge < -0.3 is 14.7 Å². The maximum Gasteiger partial charge on any atom is 0.345 e. The number of fused-ring (bicyclic) bond motifs is 1. The SMILES string of the molecule is O=C(O)c1cc2c(N3CCOC(C4CC4)CC3)nccc2s1. The number of aromatic carboxylic acids is 1. The summed E-state index contributed by atoms with van der Waals surface area (Å²) in [4.78, 5) is 18.3. The fourth-order valence-corrected chi connectivity index (χ4v) is 4.04. The second-order valence-corrected chi connectivity index (χ2v) is 7.07. The number of rotatable bonds is 3. The summed E-state index contributed by atoms with van der Waals surface area (Å²) in [6.45, 7) is 2.45. The lowest BCUT2D eigenvalue weighted by molar-refractivity contribution is 0.0494. The van der Waals surface area contributed by atoms with Crippen molar-refractivity contribution in [2.45, 2.75) is 25.4 Å². The monoisotopic (exact) mass is 318 g/mol. The summed E-state index contributed by atoms with van der Waals surface area (Å²) < 4.78 is 6.95. The van der Waals surface area contributed by atoms with Gasteiger partial charge in [-0.3, -0.25) is 0 Å². The molecule has 1 atom stereocenters. The van der Waals surface area contributed by atoms with Crippen LogP contribution in [0.25, 0.3) is 10.1 Å². The topological polar surface area (TPSA) is 62.7 Å². The third kappa shape index (κ3) is 2.57. The van der Waals surface area contributed by atoms with Crippen LogP contribution >= 0.6 is 11.3 Å². The van der Waals surface area contributed by atoms with Crippen molar-refractivity contribution in [3.05, 3.63) is 23.2 Å². The molecule has 4 rings (SSSR count). The first kappa shape index (κ1) is 14.0. The molecule has 1 aliphatic carbocycles. The van der Waals surface area contributed by atoms with E-state index in [9.17, 15) is 9.90 Å². The summed E-state index contributed by atoms with van der Waals surface area (Å²) in [5.41, 5.74) is 0. The Labute approximate surface area is 132 Å². The van der Waals surface area contributed by atoms with Gasteiger partial charge in [0.05, 0.1) is 12.7 Å². The van der Waals surface area contributed by atoms with Crippen molar-refractivity contribution in [3.63, 3.8) is 0 Å². The van der Waals surface area contributed by atoms with Gasteiger partial charge in [-0.1, -0.05) is 0 Å². The van der Waals surface area contributed by atoms with E-state index < -0.39 is 5.97 Å². The second-order valence-electron chi connectivity index (χ2n) is 5.98. The minimum Gasteiger partial charge on any atom is -0.477 e. The Bertz CT molecular complexity index is 710. The van der Waals surface area contributed by atoms with Crippen LogP contribution in [-0.4, -0.2) is 41.9 Å². The standard InChI is InChI=1S/C16H18N2O3S/c19-16(20)14-9-11-13(22-14)3-5-17-15(11)18-6-4-12(10-1-2-10)21-8-7-18/h3,5,9-10,12H,1-2,4,6-8H2,(H,19,20). The van der Waals surface area contributed by atoms with Crippen LogP contribution in [0.3, 0.4) is 0 Å². The molecule has 0 amide bonds. The van der Waals surface area contributed by atoms with Crippen LogP contribution in [0.5, 0.6) is 0 Å². The van der Waals surface area contributed by atoms with Crippen LogP contribution in [0.1, 0.15) is 28.9 Å². The molecule has 1 saturated heterocycles. The fourth-order valence-electron chi connectivity index (χ4n) is 3.15. The van der Waals surface area contributed by atoms with Gasteiger partial charge in [-0.25, -0.2) is 9.78 Å². The molecule has 1 aliphatic heterocycles. The van der Waals surface area contributed by atoms with Crippen LogP contribution in [0.4, 0.5) is 5.82 Å². The van der Waals surface area contributed by atoms with Crippen molar-refractivity contribution in [1.29, 1.82) is 0 Å². The number of aromatic nitrogens is 1. The minimum absolute atomic E-state index is 0.367. The number of carboxylic acid groups (broad SMARTS) is 1. The van der Waals surface area contributed by atoms with Crippen LogP contribution in [0.2, 0.25) is 0 Å². The molecule has 2 fully saturated rings. The largest absolute Gasteiger partial charge is 0.477 e. The third-order valence-electron chi connectivity index (χ3n) is 4.46. The van der Waals surface area contributed by atoms with E-state index in [1.807, 2.05) is 6.07 Å². The van der Waals surface area contributed by atoms with Crippen LogP contribution in [0, 0.1) is 5.92 Å². The van der Waals surface area contributed by atoms with Gasteiger partial charge in [0.2, 0.25) is 0 Å². The molecule has 116 valence electrons. The third-order valence-corrected chi connectivity index (χ3v) is 5.55. The zero-order valence-corrected chi connectivity index (χ0v) is 13.0. The first-order valence-corrected chi connectivity index (χ1v) is 8.52. The van der Waals surface area contributed by atoms with E-state index in [0.717, 1.165) is 47.9 Å². The molecule has 2 aromatic heterocycles. The highest BCUT2D eigenvalue weighted by molar-refractivity contribution is 7.20. The molecule has 1 unspecified atom stereocenters. The number of pyridine rings is 1. The number of hydrogen-bond donors (Lipinski definition) is 1. The van der Waals surface area contributed by atoms with E-state index in [4.69, 9.17) is 4.74 Å². The zero-order valence-electron chi connectivity index (χ0n) is 12.2. The number of thiophene rings is 1. The van der Waals surface area contributed by atoms with E-state index in [2.05, 4.69) is 9.88 Å². The van der Waals surface area contributed by atoms with Crippen molar-refractivity contribution in [2.24, 2.45) is 5.92 Å². The first-order valence-electron chi connectivity index (χ1n) is 7.71. The van der Waals surface area contributed by atoms with E-state index in [1.165, 1.54) is 24.2 Å². The maximum atomic E-state index is 11.2. The molecule has 1 saturated carbocycles. The number of hydrogen-bond acceptors (Lipinski definition) is 5. The highest BCUT2D eigenvalue weighted by atomic mass is 32.1. The zero-order chi connectivity index (χ0) is 15.1. The van der Waals surface area contributed by atoms with Crippen LogP contribution in [-0.2, 0) is 4.74 Å². The van der Waals surface area contributed by atoms with Crippen molar-refractivity contribution in [3.8, 4) is 0 Å². The number of carbonyl (C=O) groups is 1. The van der Waals surface area contributed by atoms with Gasteiger partial charge in [-0.2, -0.15) is 0 Å². The predicted octanol–water partition coefficient (Wildman–Crippen LogP) is 3.00. The summed E-state index contributed by atoms with van der Waals surface area (Å²) in [6.07, 6.45) is 5.78. The maximum absolute atomic E-state index is 11.2. The number of ether oxygens (including phenoxy) is 1. The molecule has 3 heterocycles. The summed E-state index contributed by atoms with van der Waals surface area (Å²) in [7, 11) is 0. The second kappa shape index (κ2) is 5.52. The summed E-state index contributed by atoms with van der Waals surface area (Å²) in [6, 6.07) is 3.63. The molecule has 6 heteroatoms. The Kier molecular flexibility index (Phi) is 3.50. The van der Waals surface area contributed by atoms with Gasteiger partial charge in [0.15, 0.2) is 0 Å². The molecule has 0 bridgehead atoms. The number of nitrogens with zero attached hydrogens (tertiary/aromatic N) is 2.